The van der Waals surface area contributed by atoms with Crippen LogP contribution < -0.4 is 5.73 Å². The molecular weight excluding hydrogens is 490 g/mol. The van der Waals surface area contributed by atoms with Gasteiger partial charge in [-0.05, 0) is 80.6 Å². The van der Waals surface area contributed by atoms with E-state index in [2.05, 4.69) is 19.7 Å². The van der Waals surface area contributed by atoms with E-state index in [4.69, 9.17) is 10.3 Å². The van der Waals surface area contributed by atoms with Crippen LogP contribution in [0.3, 0.4) is 0 Å². The van der Waals surface area contributed by atoms with E-state index in [9.17, 15) is 26.3 Å². The summed E-state index contributed by atoms with van der Waals surface area (Å²) in [6.45, 7) is 3.42. The number of nitrogens with two attached hydrogens (primary N) is 1. The first-order valence-electron chi connectivity index (χ1n) is 11.4. The molecule has 7 rings (SSSR count). The van der Waals surface area contributed by atoms with Crippen LogP contribution in [0, 0.1) is 11.8 Å². The molecule has 0 amide bonds. The van der Waals surface area contributed by atoms with E-state index in [1.807, 2.05) is 0 Å². The van der Waals surface area contributed by atoms with Gasteiger partial charge in [0, 0.05) is 11.9 Å². The van der Waals surface area contributed by atoms with Crippen LogP contribution in [0.25, 0.3) is 21.9 Å². The molecular formula is C24H22F6N4O2. The van der Waals surface area contributed by atoms with Crippen LogP contribution in [-0.2, 0) is 18.8 Å². The molecule has 12 heteroatoms. The van der Waals surface area contributed by atoms with Gasteiger partial charge in [-0.1, -0.05) is 10.3 Å². The maximum absolute atomic E-state index is 12.7. The zero-order chi connectivity index (χ0) is 25.7. The lowest BCUT2D eigenvalue weighted by Crippen LogP contribution is -2.48. The zero-order valence-corrected chi connectivity index (χ0v) is 18.9. The molecule has 3 saturated heterocycles. The number of halogens is 6. The SMILES string of the molecule is FC(F)(F)c1ccc2c(CC3CN4CCC3CC4)noc2c1.Nc1noc2cc(C(F)(F)F)ccc12. The van der Waals surface area contributed by atoms with Crippen molar-refractivity contribution in [3.05, 3.63) is 53.2 Å². The Bertz CT molecular complexity index is 1370. The molecule has 1 atom stereocenters. The van der Waals surface area contributed by atoms with Crippen molar-refractivity contribution in [2.24, 2.45) is 11.8 Å². The molecule has 2 aromatic carbocycles. The van der Waals surface area contributed by atoms with Crippen LogP contribution >= 0.6 is 0 Å². The number of aromatic nitrogens is 2. The van der Waals surface area contributed by atoms with E-state index >= 15 is 0 Å². The number of nitrogen functional groups attached to an aromatic ring is 1. The number of piperidine rings is 3. The molecule has 5 heterocycles. The summed E-state index contributed by atoms with van der Waals surface area (Å²) >= 11 is 0. The van der Waals surface area contributed by atoms with Crippen LogP contribution in [0.15, 0.2) is 45.4 Å². The van der Waals surface area contributed by atoms with Gasteiger partial charge in [0.15, 0.2) is 17.0 Å². The van der Waals surface area contributed by atoms with Crippen molar-refractivity contribution >= 4 is 27.8 Å². The third-order valence-corrected chi connectivity index (χ3v) is 6.95. The highest BCUT2D eigenvalue weighted by molar-refractivity contribution is 5.87. The second-order valence-electron chi connectivity index (χ2n) is 9.22. The Morgan fingerprint density at radius 1 is 0.833 bits per heavy atom. The van der Waals surface area contributed by atoms with Crippen molar-refractivity contribution in [1.82, 2.24) is 15.2 Å². The molecule has 1 unspecified atom stereocenters. The minimum absolute atomic E-state index is 0.0392. The minimum Gasteiger partial charge on any atom is -0.380 e. The smallest absolute Gasteiger partial charge is 0.380 e. The fraction of sp³-hybridized carbons (Fsp3) is 0.417. The van der Waals surface area contributed by atoms with Crippen LogP contribution in [0.4, 0.5) is 32.2 Å². The summed E-state index contributed by atoms with van der Waals surface area (Å²) in [5.41, 5.74) is 4.94. The topological polar surface area (TPSA) is 81.3 Å². The van der Waals surface area contributed by atoms with Gasteiger partial charge in [-0.3, -0.25) is 0 Å². The molecule has 2 aromatic heterocycles. The Morgan fingerprint density at radius 3 is 1.94 bits per heavy atom. The first-order valence-corrected chi connectivity index (χ1v) is 11.4. The maximum Gasteiger partial charge on any atom is 0.416 e. The fourth-order valence-corrected chi connectivity index (χ4v) is 5.01. The summed E-state index contributed by atoms with van der Waals surface area (Å²) in [6.07, 6.45) is -5.50. The molecule has 3 aliphatic heterocycles. The average Bonchev–Trinajstić information content (AvgIpc) is 3.42. The number of anilines is 1. The standard InChI is InChI=1S/C16H17F3N2O.C8H5F3N2O/c17-16(18,19)12-1-2-13-14(20-22-15(13)8-12)7-11-9-21-5-3-10(11)4-6-21;9-8(10,11)4-1-2-5-6(3-4)14-13-7(5)12/h1-2,8,10-11H,3-7,9H2;1-3H,(H2,12,13). The monoisotopic (exact) mass is 512 g/mol. The number of hydrogen-bond donors (Lipinski definition) is 1. The second kappa shape index (κ2) is 8.99. The summed E-state index contributed by atoms with van der Waals surface area (Å²) in [4.78, 5) is 2.47. The predicted molar refractivity (Wildman–Crippen MR) is 119 cm³/mol. The Hall–Kier alpha value is -3.28. The van der Waals surface area contributed by atoms with E-state index in [-0.39, 0.29) is 17.0 Å². The van der Waals surface area contributed by atoms with Crippen LogP contribution in [0.5, 0.6) is 0 Å². The molecule has 4 aromatic rings. The lowest BCUT2D eigenvalue weighted by molar-refractivity contribution is -0.138. The first kappa shape index (κ1) is 24.4. The third kappa shape index (κ3) is 4.86. The number of alkyl halides is 6. The fourth-order valence-electron chi connectivity index (χ4n) is 5.01. The number of nitrogens with zero attached hydrogens (tertiary/aromatic N) is 3. The molecule has 3 fully saturated rings. The molecule has 0 aliphatic carbocycles. The Balaban J connectivity index is 0.000000165. The largest absolute Gasteiger partial charge is 0.416 e. The highest BCUT2D eigenvalue weighted by atomic mass is 19.4. The van der Waals surface area contributed by atoms with Crippen LogP contribution in [-0.4, -0.2) is 34.8 Å². The number of fused-ring (bicyclic) bond motifs is 5. The van der Waals surface area contributed by atoms with E-state index in [0.717, 1.165) is 42.9 Å². The molecule has 0 spiro atoms. The second-order valence-corrected chi connectivity index (χ2v) is 9.22. The van der Waals surface area contributed by atoms with Crippen molar-refractivity contribution in [3.63, 3.8) is 0 Å². The molecule has 36 heavy (non-hydrogen) atoms. The molecule has 0 saturated carbocycles. The lowest BCUT2D eigenvalue weighted by Gasteiger charge is -2.44. The van der Waals surface area contributed by atoms with E-state index in [1.54, 1.807) is 0 Å². The Kier molecular flexibility index (Phi) is 6.09. The Labute approximate surface area is 201 Å². The van der Waals surface area contributed by atoms with Gasteiger partial charge in [-0.25, -0.2) is 0 Å². The highest BCUT2D eigenvalue weighted by Gasteiger charge is 2.35. The van der Waals surface area contributed by atoms with Gasteiger partial charge in [0.1, 0.15) is 0 Å². The molecule has 3 aliphatic rings. The molecule has 2 N–H and O–H groups in total. The van der Waals surface area contributed by atoms with Crippen molar-refractivity contribution in [1.29, 1.82) is 0 Å². The van der Waals surface area contributed by atoms with Crippen molar-refractivity contribution in [3.8, 4) is 0 Å². The molecule has 0 radical (unpaired) electrons. The van der Waals surface area contributed by atoms with E-state index < -0.39 is 23.5 Å². The summed E-state index contributed by atoms with van der Waals surface area (Å²) in [5.74, 6) is 1.35. The van der Waals surface area contributed by atoms with Crippen LogP contribution in [0.2, 0.25) is 0 Å². The zero-order valence-electron chi connectivity index (χ0n) is 18.9. The highest BCUT2D eigenvalue weighted by Crippen LogP contribution is 2.37. The van der Waals surface area contributed by atoms with Gasteiger partial charge in [-0.15, -0.1) is 0 Å². The van der Waals surface area contributed by atoms with Gasteiger partial charge in [0.05, 0.1) is 22.2 Å². The predicted octanol–water partition coefficient (Wildman–Crippen LogP) is 6.16. The van der Waals surface area contributed by atoms with Gasteiger partial charge in [0.25, 0.3) is 0 Å². The van der Waals surface area contributed by atoms with Gasteiger partial charge < -0.3 is 19.7 Å². The van der Waals surface area contributed by atoms with Crippen molar-refractivity contribution < 1.29 is 35.4 Å². The third-order valence-electron chi connectivity index (χ3n) is 6.95. The molecule has 192 valence electrons. The summed E-state index contributed by atoms with van der Waals surface area (Å²) in [5, 5.41) is 8.49. The summed E-state index contributed by atoms with van der Waals surface area (Å²) in [7, 11) is 0. The average molecular weight is 512 g/mol. The maximum atomic E-state index is 12.7. The number of hydrogen-bond acceptors (Lipinski definition) is 6. The van der Waals surface area contributed by atoms with Crippen LogP contribution in [0.1, 0.15) is 29.7 Å². The molecule has 6 nitrogen and oxygen atoms in total. The van der Waals surface area contributed by atoms with E-state index in [1.165, 1.54) is 38.1 Å². The van der Waals surface area contributed by atoms with Gasteiger partial charge in [-0.2, -0.15) is 26.3 Å². The first-order chi connectivity index (χ1) is 17.0. The van der Waals surface area contributed by atoms with Gasteiger partial charge >= 0.3 is 12.4 Å². The number of benzene rings is 2. The lowest BCUT2D eigenvalue weighted by atomic mass is 9.77. The normalized spacial score (nSPS) is 22.1. The quantitative estimate of drug-likeness (QED) is 0.324. The molecule has 2 bridgehead atoms. The van der Waals surface area contributed by atoms with E-state index in [0.29, 0.717) is 22.6 Å². The summed E-state index contributed by atoms with van der Waals surface area (Å²) in [6, 6.07) is 6.70. The van der Waals surface area contributed by atoms with Crippen molar-refractivity contribution in [2.75, 3.05) is 25.4 Å². The Morgan fingerprint density at radius 2 is 1.39 bits per heavy atom. The van der Waals surface area contributed by atoms with Gasteiger partial charge in [0.2, 0.25) is 0 Å². The minimum atomic E-state index is -4.38. The number of rotatable bonds is 2. The summed E-state index contributed by atoms with van der Waals surface area (Å²) < 4.78 is 84.6. The van der Waals surface area contributed by atoms with Crippen molar-refractivity contribution in [2.45, 2.75) is 31.6 Å².